The van der Waals surface area contributed by atoms with Crippen LogP contribution in [0.2, 0.25) is 0 Å². The van der Waals surface area contributed by atoms with Gasteiger partial charge in [-0.3, -0.25) is 5.32 Å². The molecule has 0 radical (unpaired) electrons. The number of benzene rings is 1. The summed E-state index contributed by atoms with van der Waals surface area (Å²) in [6.45, 7) is -0.170. The number of hydrogen-bond donors (Lipinski definition) is 4. The molecule has 1 aromatic rings. The number of nitrogens with one attached hydrogen (secondary N) is 1. The molecule has 1 rings (SSSR count). The Balaban J connectivity index is 2.83. The molecule has 0 unspecified atom stereocenters. The third-order valence-electron chi connectivity index (χ3n) is 1.76. The first kappa shape index (κ1) is 10.5. The van der Waals surface area contributed by atoms with E-state index in [1.54, 1.807) is 24.3 Å². The zero-order valence-electron chi connectivity index (χ0n) is 7.47. The average Bonchev–Trinajstić information content (AvgIpc) is 2.16. The van der Waals surface area contributed by atoms with Crippen molar-refractivity contribution in [1.82, 2.24) is 0 Å². The van der Waals surface area contributed by atoms with Crippen LogP contribution in [0.3, 0.4) is 0 Å². The highest BCUT2D eigenvalue weighted by Gasteiger charge is 2.05. The van der Waals surface area contributed by atoms with Crippen molar-refractivity contribution in [2.45, 2.75) is 6.04 Å². The lowest BCUT2D eigenvalue weighted by Crippen LogP contribution is -2.15. The second-order valence-electron chi connectivity index (χ2n) is 2.84. The number of aliphatic hydroxyl groups is 1. The van der Waals surface area contributed by atoms with Crippen LogP contribution >= 0.6 is 0 Å². The minimum absolute atomic E-state index is 0.170. The van der Waals surface area contributed by atoms with Crippen molar-refractivity contribution in [2.24, 2.45) is 5.73 Å². The fourth-order valence-electron chi connectivity index (χ4n) is 1.08. The molecule has 0 saturated carbocycles. The summed E-state index contributed by atoms with van der Waals surface area (Å²) in [5.74, 6) is 0. The van der Waals surface area contributed by atoms with E-state index in [4.69, 9.17) is 15.9 Å². The molecule has 0 bridgehead atoms. The normalized spacial score (nSPS) is 12.1. The SMILES string of the molecule is N[C@H](CO)c1cccc(NC(=O)O)c1. The molecule has 14 heavy (non-hydrogen) atoms. The van der Waals surface area contributed by atoms with Crippen molar-refractivity contribution in [2.75, 3.05) is 11.9 Å². The zero-order chi connectivity index (χ0) is 10.6. The van der Waals surface area contributed by atoms with Gasteiger partial charge in [0.1, 0.15) is 0 Å². The Labute approximate surface area is 81.2 Å². The van der Waals surface area contributed by atoms with Crippen LogP contribution < -0.4 is 11.1 Å². The summed E-state index contributed by atoms with van der Waals surface area (Å²) in [7, 11) is 0. The Morgan fingerprint density at radius 3 is 2.86 bits per heavy atom. The third kappa shape index (κ3) is 2.72. The van der Waals surface area contributed by atoms with Gasteiger partial charge in [-0.2, -0.15) is 0 Å². The summed E-state index contributed by atoms with van der Waals surface area (Å²) in [6, 6.07) is 6.13. The Hall–Kier alpha value is -1.59. The lowest BCUT2D eigenvalue weighted by atomic mass is 10.1. The quantitative estimate of drug-likeness (QED) is 0.574. The Kier molecular flexibility index (Phi) is 3.44. The van der Waals surface area contributed by atoms with E-state index < -0.39 is 12.1 Å². The van der Waals surface area contributed by atoms with Crippen molar-refractivity contribution in [3.63, 3.8) is 0 Å². The molecule has 76 valence electrons. The number of carbonyl (C=O) groups is 1. The second kappa shape index (κ2) is 4.59. The van der Waals surface area contributed by atoms with Gasteiger partial charge in [-0.05, 0) is 17.7 Å². The molecule has 0 heterocycles. The van der Waals surface area contributed by atoms with Crippen LogP contribution in [-0.2, 0) is 0 Å². The predicted molar refractivity (Wildman–Crippen MR) is 52.1 cm³/mol. The van der Waals surface area contributed by atoms with Gasteiger partial charge in [0.05, 0.1) is 12.6 Å². The first-order chi connectivity index (χ1) is 6.63. The van der Waals surface area contributed by atoms with Crippen LogP contribution in [0.4, 0.5) is 10.5 Å². The van der Waals surface area contributed by atoms with Gasteiger partial charge in [0.15, 0.2) is 0 Å². The highest BCUT2D eigenvalue weighted by molar-refractivity contribution is 5.82. The van der Waals surface area contributed by atoms with Crippen molar-refractivity contribution in [3.8, 4) is 0 Å². The number of anilines is 1. The Morgan fingerprint density at radius 1 is 1.57 bits per heavy atom. The van der Waals surface area contributed by atoms with Crippen molar-refractivity contribution in [1.29, 1.82) is 0 Å². The molecule has 1 atom stereocenters. The van der Waals surface area contributed by atoms with Crippen molar-refractivity contribution < 1.29 is 15.0 Å². The lowest BCUT2D eigenvalue weighted by molar-refractivity contribution is 0.210. The maximum atomic E-state index is 10.3. The van der Waals surface area contributed by atoms with Gasteiger partial charge in [0.25, 0.3) is 0 Å². The van der Waals surface area contributed by atoms with Crippen molar-refractivity contribution in [3.05, 3.63) is 29.8 Å². The van der Waals surface area contributed by atoms with Gasteiger partial charge in [-0.25, -0.2) is 4.79 Å². The number of hydrogen-bond acceptors (Lipinski definition) is 3. The molecule has 0 spiro atoms. The zero-order valence-corrected chi connectivity index (χ0v) is 7.47. The third-order valence-corrected chi connectivity index (χ3v) is 1.76. The van der Waals surface area contributed by atoms with E-state index in [1.165, 1.54) is 0 Å². The van der Waals surface area contributed by atoms with Crippen LogP contribution in [0.15, 0.2) is 24.3 Å². The molecule has 0 aromatic heterocycles. The molecule has 5 heteroatoms. The van der Waals surface area contributed by atoms with E-state index in [-0.39, 0.29) is 6.61 Å². The fraction of sp³-hybridized carbons (Fsp3) is 0.222. The Morgan fingerprint density at radius 2 is 2.29 bits per heavy atom. The number of carboxylic acid groups (broad SMARTS) is 1. The summed E-state index contributed by atoms with van der Waals surface area (Å²) in [4.78, 5) is 10.3. The predicted octanol–water partition coefficient (Wildman–Crippen LogP) is 0.769. The maximum absolute atomic E-state index is 10.3. The summed E-state index contributed by atoms with van der Waals surface area (Å²) < 4.78 is 0. The topological polar surface area (TPSA) is 95.6 Å². The first-order valence-corrected chi connectivity index (χ1v) is 4.10. The molecule has 1 amide bonds. The minimum atomic E-state index is -1.13. The first-order valence-electron chi connectivity index (χ1n) is 4.10. The second-order valence-corrected chi connectivity index (χ2v) is 2.84. The molecule has 0 fully saturated rings. The number of rotatable bonds is 3. The summed E-state index contributed by atoms with van der Waals surface area (Å²) in [5.41, 5.74) is 6.71. The van der Waals surface area contributed by atoms with Gasteiger partial charge < -0.3 is 15.9 Å². The molecule has 5 nitrogen and oxygen atoms in total. The molecule has 0 saturated heterocycles. The van der Waals surface area contributed by atoms with E-state index >= 15 is 0 Å². The van der Waals surface area contributed by atoms with Gasteiger partial charge in [-0.1, -0.05) is 12.1 Å². The van der Waals surface area contributed by atoms with Crippen LogP contribution in [0, 0.1) is 0 Å². The van der Waals surface area contributed by atoms with Gasteiger partial charge >= 0.3 is 6.09 Å². The maximum Gasteiger partial charge on any atom is 0.409 e. The van der Waals surface area contributed by atoms with Crippen molar-refractivity contribution >= 4 is 11.8 Å². The molecule has 0 aliphatic rings. The highest BCUT2D eigenvalue weighted by Crippen LogP contribution is 2.15. The molecular formula is C9H12N2O3. The number of nitrogens with two attached hydrogens (primary N) is 1. The molecule has 0 aliphatic carbocycles. The van der Waals surface area contributed by atoms with Crippen LogP contribution in [0.25, 0.3) is 0 Å². The van der Waals surface area contributed by atoms with Gasteiger partial charge in [-0.15, -0.1) is 0 Å². The fourth-order valence-corrected chi connectivity index (χ4v) is 1.08. The van der Waals surface area contributed by atoms with E-state index in [0.29, 0.717) is 11.3 Å². The standard InChI is InChI=1S/C9H12N2O3/c10-8(5-12)6-2-1-3-7(4-6)11-9(13)14/h1-4,8,11-12H,5,10H2,(H,13,14)/t8-/m1/s1. The van der Waals surface area contributed by atoms with E-state index in [2.05, 4.69) is 5.32 Å². The Bertz CT molecular complexity index is 328. The summed E-state index contributed by atoms with van der Waals surface area (Å²) >= 11 is 0. The minimum Gasteiger partial charge on any atom is -0.465 e. The van der Waals surface area contributed by atoms with Crippen LogP contribution in [-0.4, -0.2) is 22.9 Å². The highest BCUT2D eigenvalue weighted by atomic mass is 16.4. The molecule has 1 aromatic carbocycles. The van der Waals surface area contributed by atoms with Gasteiger partial charge in [0.2, 0.25) is 0 Å². The summed E-state index contributed by atoms with van der Waals surface area (Å²) in [5, 5.41) is 19.5. The van der Waals surface area contributed by atoms with E-state index in [1.807, 2.05) is 0 Å². The van der Waals surface area contributed by atoms with Gasteiger partial charge in [0, 0.05) is 5.69 Å². The monoisotopic (exact) mass is 196 g/mol. The molecule has 0 aliphatic heterocycles. The van der Waals surface area contributed by atoms with Crippen LogP contribution in [0.5, 0.6) is 0 Å². The van der Waals surface area contributed by atoms with E-state index in [0.717, 1.165) is 0 Å². The smallest absolute Gasteiger partial charge is 0.409 e. The van der Waals surface area contributed by atoms with E-state index in [9.17, 15) is 4.79 Å². The molecule has 5 N–H and O–H groups in total. The summed E-state index contributed by atoms with van der Waals surface area (Å²) in [6.07, 6.45) is -1.13. The largest absolute Gasteiger partial charge is 0.465 e. The molecular weight excluding hydrogens is 184 g/mol. The number of aliphatic hydroxyl groups excluding tert-OH is 1. The lowest BCUT2D eigenvalue weighted by Gasteiger charge is -2.09. The van der Waals surface area contributed by atoms with Crippen LogP contribution in [0.1, 0.15) is 11.6 Å². The average molecular weight is 196 g/mol. The number of amides is 1.